The number of piperidine rings is 1. The molecule has 0 amide bonds. The van der Waals surface area contributed by atoms with Crippen LogP contribution in [0.3, 0.4) is 0 Å². The third kappa shape index (κ3) is 5.71. The van der Waals surface area contributed by atoms with Gasteiger partial charge >= 0.3 is 0 Å². The highest BCUT2D eigenvalue weighted by atomic mass is 19.1. The van der Waals surface area contributed by atoms with E-state index in [2.05, 4.69) is 37.3 Å². The van der Waals surface area contributed by atoms with Gasteiger partial charge < -0.3 is 15.8 Å². The fraction of sp³-hybridized carbons (Fsp3) is 0.318. The number of hydrogen-bond acceptors (Lipinski definition) is 7. The van der Waals surface area contributed by atoms with Crippen molar-refractivity contribution in [2.75, 3.05) is 24.1 Å². The molecule has 0 spiro atoms. The Morgan fingerprint density at radius 2 is 1.73 bits per heavy atom. The van der Waals surface area contributed by atoms with Crippen molar-refractivity contribution in [3.63, 3.8) is 0 Å². The lowest BCUT2D eigenvalue weighted by molar-refractivity contribution is -0.00436. The van der Waals surface area contributed by atoms with E-state index in [1.165, 1.54) is 17.7 Å². The van der Waals surface area contributed by atoms with Gasteiger partial charge in [0.1, 0.15) is 11.6 Å². The number of halogens is 1. The molecule has 4 rings (SSSR count). The fourth-order valence-corrected chi connectivity index (χ4v) is 3.45. The molecule has 0 atom stereocenters. The largest absolute Gasteiger partial charge is 0.373 e. The van der Waals surface area contributed by atoms with Crippen LogP contribution in [-0.4, -0.2) is 39.0 Å². The molecule has 0 aliphatic carbocycles. The van der Waals surface area contributed by atoms with Crippen LogP contribution >= 0.6 is 0 Å². The number of benzene rings is 2. The molecular formula is C22H25FN6O. The number of ether oxygens (including phenoxy) is 1. The molecule has 1 saturated heterocycles. The van der Waals surface area contributed by atoms with Crippen LogP contribution in [0, 0.1) is 5.82 Å². The van der Waals surface area contributed by atoms with E-state index in [0.717, 1.165) is 25.9 Å². The lowest BCUT2D eigenvalue weighted by Crippen LogP contribution is -2.37. The molecule has 1 aliphatic heterocycles. The van der Waals surface area contributed by atoms with Gasteiger partial charge in [0.05, 0.1) is 19.3 Å². The highest BCUT2D eigenvalue weighted by Crippen LogP contribution is 2.18. The van der Waals surface area contributed by atoms with Crippen molar-refractivity contribution in [2.45, 2.75) is 32.1 Å². The van der Waals surface area contributed by atoms with Gasteiger partial charge in [-0.05, 0) is 42.7 Å². The van der Waals surface area contributed by atoms with Gasteiger partial charge in [-0.15, -0.1) is 0 Å². The molecule has 0 saturated carbocycles. The quantitative estimate of drug-likeness (QED) is 0.618. The molecule has 3 aromatic rings. The Balaban J connectivity index is 1.29. The maximum absolute atomic E-state index is 13.1. The molecule has 0 unspecified atom stereocenters. The third-order valence-corrected chi connectivity index (χ3v) is 5.03. The summed E-state index contributed by atoms with van der Waals surface area (Å²) < 4.78 is 19.1. The number of rotatable bonds is 7. The number of anilines is 3. The third-order valence-electron chi connectivity index (χ3n) is 5.03. The van der Waals surface area contributed by atoms with Crippen LogP contribution < -0.4 is 11.1 Å². The zero-order valence-electron chi connectivity index (χ0n) is 16.7. The maximum atomic E-state index is 13.1. The van der Waals surface area contributed by atoms with Gasteiger partial charge in [-0.3, -0.25) is 4.90 Å². The minimum Gasteiger partial charge on any atom is -0.373 e. The summed E-state index contributed by atoms with van der Waals surface area (Å²) in [6.45, 7) is 3.06. The number of nitrogen functional groups attached to an aromatic ring is 1. The van der Waals surface area contributed by atoms with E-state index in [1.54, 1.807) is 12.1 Å². The first-order chi connectivity index (χ1) is 14.6. The molecular weight excluding hydrogens is 383 g/mol. The van der Waals surface area contributed by atoms with Crippen molar-refractivity contribution in [1.29, 1.82) is 0 Å². The molecule has 2 heterocycles. The average molecular weight is 408 g/mol. The molecule has 156 valence electrons. The summed E-state index contributed by atoms with van der Waals surface area (Å²) in [5, 5.41) is 3.04. The highest BCUT2D eigenvalue weighted by Gasteiger charge is 2.21. The predicted octanol–water partition coefficient (Wildman–Crippen LogP) is 3.52. The number of hydrogen-bond donors (Lipinski definition) is 2. The van der Waals surface area contributed by atoms with E-state index in [-0.39, 0.29) is 17.9 Å². The van der Waals surface area contributed by atoms with E-state index in [4.69, 9.17) is 10.5 Å². The topological polar surface area (TPSA) is 89.2 Å². The van der Waals surface area contributed by atoms with Crippen molar-refractivity contribution in [2.24, 2.45) is 0 Å². The summed E-state index contributed by atoms with van der Waals surface area (Å²) in [4.78, 5) is 15.1. The number of nitrogens with one attached hydrogen (secondary N) is 1. The predicted molar refractivity (Wildman–Crippen MR) is 113 cm³/mol. The SMILES string of the molecule is Nc1nc(CN2CCC(OCc3ccccc3)CC2)nc(Nc2ccc(F)cc2)n1. The smallest absolute Gasteiger partial charge is 0.232 e. The molecule has 3 N–H and O–H groups in total. The van der Waals surface area contributed by atoms with Crippen LogP contribution in [0.15, 0.2) is 54.6 Å². The van der Waals surface area contributed by atoms with Crippen molar-refractivity contribution in [3.8, 4) is 0 Å². The zero-order valence-corrected chi connectivity index (χ0v) is 16.7. The molecule has 1 fully saturated rings. The van der Waals surface area contributed by atoms with Crippen LogP contribution in [0.4, 0.5) is 22.0 Å². The molecule has 0 radical (unpaired) electrons. The molecule has 1 aromatic heterocycles. The van der Waals surface area contributed by atoms with E-state index < -0.39 is 0 Å². The molecule has 1 aliphatic rings. The van der Waals surface area contributed by atoms with E-state index in [0.29, 0.717) is 30.6 Å². The Morgan fingerprint density at radius 3 is 2.47 bits per heavy atom. The van der Waals surface area contributed by atoms with Gasteiger partial charge in [0, 0.05) is 18.8 Å². The van der Waals surface area contributed by atoms with Crippen molar-refractivity contribution in [3.05, 3.63) is 71.8 Å². The first-order valence-electron chi connectivity index (χ1n) is 10.0. The lowest BCUT2D eigenvalue weighted by Gasteiger charge is -2.31. The van der Waals surface area contributed by atoms with Crippen molar-refractivity contribution < 1.29 is 9.13 Å². The minimum absolute atomic E-state index is 0.158. The zero-order chi connectivity index (χ0) is 20.8. The highest BCUT2D eigenvalue weighted by molar-refractivity contribution is 5.53. The number of nitrogens with two attached hydrogens (primary N) is 1. The second-order valence-corrected chi connectivity index (χ2v) is 7.34. The molecule has 8 heteroatoms. The standard InChI is InChI=1S/C22H25FN6O/c23-17-6-8-18(9-7-17)25-22-27-20(26-21(24)28-22)14-29-12-10-19(11-13-29)30-15-16-4-2-1-3-5-16/h1-9,19H,10-15H2,(H3,24,25,26,27,28). The molecule has 30 heavy (non-hydrogen) atoms. The van der Waals surface area contributed by atoms with Gasteiger partial charge in [-0.1, -0.05) is 30.3 Å². The van der Waals surface area contributed by atoms with Crippen LogP contribution in [0.25, 0.3) is 0 Å². The van der Waals surface area contributed by atoms with E-state index in [9.17, 15) is 4.39 Å². The summed E-state index contributed by atoms with van der Waals surface area (Å²) in [6, 6.07) is 16.2. The van der Waals surface area contributed by atoms with Crippen LogP contribution in [0.2, 0.25) is 0 Å². The monoisotopic (exact) mass is 408 g/mol. The molecule has 0 bridgehead atoms. The Hall–Kier alpha value is -3.10. The second-order valence-electron chi connectivity index (χ2n) is 7.34. The first-order valence-corrected chi connectivity index (χ1v) is 10.0. The Kier molecular flexibility index (Phi) is 6.46. The van der Waals surface area contributed by atoms with Crippen molar-refractivity contribution >= 4 is 17.6 Å². The minimum atomic E-state index is -0.299. The van der Waals surface area contributed by atoms with Crippen molar-refractivity contribution in [1.82, 2.24) is 19.9 Å². The van der Waals surface area contributed by atoms with Gasteiger partial charge in [0.25, 0.3) is 0 Å². The second kappa shape index (κ2) is 9.60. The summed E-state index contributed by atoms with van der Waals surface area (Å²) in [5.41, 5.74) is 7.74. The number of nitrogens with zero attached hydrogens (tertiary/aromatic N) is 4. The Bertz CT molecular complexity index is 946. The van der Waals surface area contributed by atoms with E-state index in [1.807, 2.05) is 18.2 Å². The molecule has 7 nitrogen and oxygen atoms in total. The van der Waals surface area contributed by atoms with Gasteiger partial charge in [0.15, 0.2) is 0 Å². The van der Waals surface area contributed by atoms with Crippen LogP contribution in [0.5, 0.6) is 0 Å². The Morgan fingerprint density at radius 1 is 1.00 bits per heavy atom. The maximum Gasteiger partial charge on any atom is 0.232 e. The summed E-state index contributed by atoms with van der Waals surface area (Å²) in [6.07, 6.45) is 2.20. The van der Waals surface area contributed by atoms with E-state index >= 15 is 0 Å². The summed E-state index contributed by atoms with van der Waals surface area (Å²) >= 11 is 0. The van der Waals surface area contributed by atoms with Crippen LogP contribution in [0.1, 0.15) is 24.2 Å². The first kappa shape index (κ1) is 20.2. The van der Waals surface area contributed by atoms with Gasteiger partial charge in [-0.2, -0.15) is 15.0 Å². The number of likely N-dealkylation sites (tertiary alicyclic amines) is 1. The van der Waals surface area contributed by atoms with Gasteiger partial charge in [-0.25, -0.2) is 4.39 Å². The lowest BCUT2D eigenvalue weighted by atomic mass is 10.1. The fourth-order valence-electron chi connectivity index (χ4n) is 3.45. The summed E-state index contributed by atoms with van der Waals surface area (Å²) in [5.74, 6) is 0.819. The Labute approximate surface area is 175 Å². The van der Waals surface area contributed by atoms with Crippen LogP contribution in [-0.2, 0) is 17.9 Å². The number of aromatic nitrogens is 3. The van der Waals surface area contributed by atoms with Gasteiger partial charge in [0.2, 0.25) is 11.9 Å². The average Bonchev–Trinajstić information content (AvgIpc) is 2.75. The molecule has 2 aromatic carbocycles. The summed E-state index contributed by atoms with van der Waals surface area (Å²) in [7, 11) is 0. The normalized spacial score (nSPS) is 15.2.